The van der Waals surface area contributed by atoms with Crippen molar-refractivity contribution in [2.75, 3.05) is 19.1 Å². The maximum atomic E-state index is 11.4. The van der Waals surface area contributed by atoms with Crippen molar-refractivity contribution in [1.29, 1.82) is 0 Å². The molecule has 5 heteroatoms. The number of rotatable bonds is 14. The van der Waals surface area contributed by atoms with Crippen LogP contribution in [0.4, 0.5) is 0 Å². The predicted molar refractivity (Wildman–Crippen MR) is 84.4 cm³/mol. The van der Waals surface area contributed by atoms with Crippen LogP contribution in [0.15, 0.2) is 12.7 Å². The minimum Gasteiger partial charge on any atom is -0.466 e. The number of hydrogen-bond acceptors (Lipinski definition) is 4. The van der Waals surface area contributed by atoms with E-state index < -0.39 is 0 Å². The molecule has 0 aromatic rings. The number of hydrogen-bond donors (Lipinski definition) is 0. The number of halogens is 1. The second kappa shape index (κ2) is 15.4. The molecule has 0 saturated carbocycles. The van der Waals surface area contributed by atoms with Gasteiger partial charge >= 0.3 is 11.9 Å². The lowest BCUT2D eigenvalue weighted by molar-refractivity contribution is -0.150. The van der Waals surface area contributed by atoms with Crippen LogP contribution in [-0.4, -0.2) is 31.0 Å². The molecule has 0 aliphatic rings. The molecule has 0 aliphatic heterocycles. The van der Waals surface area contributed by atoms with Gasteiger partial charge in [0.15, 0.2) is 0 Å². The Morgan fingerprint density at radius 2 is 1.38 bits per heavy atom. The van der Waals surface area contributed by atoms with Crippen LogP contribution in [0.25, 0.3) is 0 Å². The van der Waals surface area contributed by atoms with Gasteiger partial charge in [0.2, 0.25) is 0 Å². The van der Waals surface area contributed by atoms with Gasteiger partial charge < -0.3 is 9.47 Å². The van der Waals surface area contributed by atoms with Crippen LogP contribution in [0.5, 0.6) is 0 Å². The van der Waals surface area contributed by atoms with Gasteiger partial charge in [-0.1, -0.05) is 31.8 Å². The molecule has 0 radical (unpaired) electrons. The predicted octanol–water partition coefficient (Wildman–Crippen LogP) is 4.01. The molecule has 0 aliphatic carbocycles. The Bertz CT molecular complexity index is 292. The summed E-state index contributed by atoms with van der Waals surface area (Å²) in [6.07, 6.45) is 8.95. The highest BCUT2D eigenvalue weighted by Gasteiger charge is 2.08. The summed E-state index contributed by atoms with van der Waals surface area (Å²) in [6, 6.07) is 0. The molecule has 4 nitrogen and oxygen atoms in total. The summed E-state index contributed by atoms with van der Waals surface area (Å²) in [5, 5.41) is 0. The van der Waals surface area contributed by atoms with E-state index in [4.69, 9.17) is 21.1 Å². The summed E-state index contributed by atoms with van der Waals surface area (Å²) in [7, 11) is 0. The topological polar surface area (TPSA) is 52.6 Å². The molecule has 0 spiro atoms. The van der Waals surface area contributed by atoms with Crippen molar-refractivity contribution in [2.24, 2.45) is 0 Å². The Labute approximate surface area is 132 Å². The summed E-state index contributed by atoms with van der Waals surface area (Å²) >= 11 is 5.59. The molecule has 0 unspecified atom stereocenters. The summed E-state index contributed by atoms with van der Waals surface area (Å²) in [5.74, 6) is 0.0269. The smallest absolute Gasteiger partial charge is 0.306 e. The molecular formula is C16H27ClO4. The zero-order valence-electron chi connectivity index (χ0n) is 12.8. The van der Waals surface area contributed by atoms with Crippen molar-refractivity contribution in [3.05, 3.63) is 12.7 Å². The molecule has 0 aromatic heterocycles. The Morgan fingerprint density at radius 3 is 1.95 bits per heavy atom. The van der Waals surface area contributed by atoms with Crippen molar-refractivity contribution in [3.63, 3.8) is 0 Å². The van der Waals surface area contributed by atoms with Crippen LogP contribution in [-0.2, 0) is 19.1 Å². The summed E-state index contributed by atoms with van der Waals surface area (Å²) < 4.78 is 9.96. The van der Waals surface area contributed by atoms with E-state index in [9.17, 15) is 9.59 Å². The highest BCUT2D eigenvalue weighted by Crippen LogP contribution is 2.06. The first-order valence-electron chi connectivity index (χ1n) is 7.68. The maximum absolute atomic E-state index is 11.4. The van der Waals surface area contributed by atoms with Crippen molar-refractivity contribution in [2.45, 2.75) is 57.8 Å². The SMILES string of the molecule is C=CCCOC(=O)CCC(=O)OCCCCCCCCCl. The van der Waals surface area contributed by atoms with Crippen LogP contribution in [0.3, 0.4) is 0 Å². The molecule has 0 N–H and O–H groups in total. The highest BCUT2D eigenvalue weighted by atomic mass is 35.5. The van der Waals surface area contributed by atoms with Crippen LogP contribution in [0.2, 0.25) is 0 Å². The lowest BCUT2D eigenvalue weighted by Crippen LogP contribution is -2.11. The minimum absolute atomic E-state index is 0.0778. The van der Waals surface area contributed by atoms with Gasteiger partial charge in [0.25, 0.3) is 0 Å². The quantitative estimate of drug-likeness (QED) is 0.210. The number of alkyl halides is 1. The van der Waals surface area contributed by atoms with Crippen molar-refractivity contribution >= 4 is 23.5 Å². The third kappa shape index (κ3) is 15.2. The van der Waals surface area contributed by atoms with Gasteiger partial charge in [-0.3, -0.25) is 9.59 Å². The van der Waals surface area contributed by atoms with Gasteiger partial charge in [-0.15, -0.1) is 18.2 Å². The van der Waals surface area contributed by atoms with E-state index in [2.05, 4.69) is 6.58 Å². The average molecular weight is 319 g/mol. The molecule has 0 aromatic carbocycles. The number of esters is 2. The molecule has 21 heavy (non-hydrogen) atoms. The third-order valence-electron chi connectivity index (χ3n) is 2.91. The Morgan fingerprint density at radius 1 is 0.857 bits per heavy atom. The Hall–Kier alpha value is -1.03. The molecule has 122 valence electrons. The van der Waals surface area contributed by atoms with Crippen molar-refractivity contribution in [3.8, 4) is 0 Å². The molecule has 0 saturated heterocycles. The Balaban J connectivity index is 3.34. The molecule has 0 amide bonds. The first-order valence-corrected chi connectivity index (χ1v) is 8.22. The summed E-state index contributed by atoms with van der Waals surface area (Å²) in [6.45, 7) is 4.28. The number of carbonyl (C=O) groups is 2. The van der Waals surface area contributed by atoms with Crippen molar-refractivity contribution < 1.29 is 19.1 Å². The van der Waals surface area contributed by atoms with Crippen LogP contribution >= 0.6 is 11.6 Å². The molecule has 0 heterocycles. The van der Waals surface area contributed by atoms with Crippen LogP contribution in [0, 0.1) is 0 Å². The Kier molecular flexibility index (Phi) is 14.6. The van der Waals surface area contributed by atoms with Gasteiger partial charge in [0.05, 0.1) is 26.1 Å². The van der Waals surface area contributed by atoms with E-state index in [1.165, 1.54) is 6.42 Å². The standard InChI is InChI=1S/C16H27ClO4/c1-2-3-13-20-15(18)10-11-16(19)21-14-9-7-5-4-6-8-12-17/h2H,1,3-14H2. The van der Waals surface area contributed by atoms with Gasteiger partial charge in [-0.05, 0) is 19.3 Å². The summed E-state index contributed by atoms with van der Waals surface area (Å²) in [5.41, 5.74) is 0. The fourth-order valence-electron chi connectivity index (χ4n) is 1.69. The van der Waals surface area contributed by atoms with Crippen molar-refractivity contribution in [1.82, 2.24) is 0 Å². The monoisotopic (exact) mass is 318 g/mol. The maximum Gasteiger partial charge on any atom is 0.306 e. The second-order valence-electron chi connectivity index (χ2n) is 4.83. The first kappa shape index (κ1) is 20.0. The molecular weight excluding hydrogens is 292 g/mol. The normalized spacial score (nSPS) is 10.1. The zero-order chi connectivity index (χ0) is 15.8. The lowest BCUT2D eigenvalue weighted by Gasteiger charge is -2.05. The van der Waals surface area contributed by atoms with Gasteiger partial charge in [-0.2, -0.15) is 0 Å². The van der Waals surface area contributed by atoms with Crippen LogP contribution < -0.4 is 0 Å². The van der Waals surface area contributed by atoms with E-state index in [1.807, 2.05) is 0 Å². The summed E-state index contributed by atoms with van der Waals surface area (Å²) in [4.78, 5) is 22.6. The third-order valence-corrected chi connectivity index (χ3v) is 3.18. The van der Waals surface area contributed by atoms with E-state index in [1.54, 1.807) is 6.08 Å². The van der Waals surface area contributed by atoms with Gasteiger partial charge in [0, 0.05) is 5.88 Å². The molecule has 0 bridgehead atoms. The lowest BCUT2D eigenvalue weighted by atomic mass is 10.1. The second-order valence-corrected chi connectivity index (χ2v) is 5.21. The van der Waals surface area contributed by atoms with E-state index in [-0.39, 0.29) is 24.8 Å². The average Bonchev–Trinajstić information content (AvgIpc) is 2.48. The molecule has 0 fully saturated rings. The number of unbranched alkanes of at least 4 members (excludes halogenated alkanes) is 5. The number of ether oxygens (including phenoxy) is 2. The number of carbonyl (C=O) groups excluding carboxylic acids is 2. The molecule has 0 atom stereocenters. The minimum atomic E-state index is -0.368. The van der Waals surface area contributed by atoms with Crippen LogP contribution in [0.1, 0.15) is 57.8 Å². The first-order chi connectivity index (χ1) is 10.2. The molecule has 0 rings (SSSR count). The van der Waals surface area contributed by atoms with E-state index in [0.717, 1.165) is 38.0 Å². The zero-order valence-corrected chi connectivity index (χ0v) is 13.5. The van der Waals surface area contributed by atoms with E-state index >= 15 is 0 Å². The van der Waals surface area contributed by atoms with E-state index in [0.29, 0.717) is 19.6 Å². The fraction of sp³-hybridized carbons (Fsp3) is 0.750. The largest absolute Gasteiger partial charge is 0.466 e. The van der Waals surface area contributed by atoms with Gasteiger partial charge in [0.1, 0.15) is 0 Å². The fourth-order valence-corrected chi connectivity index (χ4v) is 1.88. The highest BCUT2D eigenvalue weighted by molar-refractivity contribution is 6.17. The van der Waals surface area contributed by atoms with Gasteiger partial charge in [-0.25, -0.2) is 0 Å².